The van der Waals surface area contributed by atoms with E-state index in [1.807, 2.05) is 6.92 Å². The molecule has 3 rings (SSSR count). The molecule has 1 aromatic carbocycles. The number of aliphatic carboxylic acids is 1. The molecule has 0 radical (unpaired) electrons. The second-order valence-electron chi connectivity index (χ2n) is 5.04. The molecule has 9 heteroatoms. The summed E-state index contributed by atoms with van der Waals surface area (Å²) in [5, 5.41) is 19.9. The summed E-state index contributed by atoms with van der Waals surface area (Å²) in [5.74, 6) is -0.111. The molecule has 0 saturated carbocycles. The number of aromatic nitrogens is 2. The minimum Gasteiger partial charge on any atom is -0.544 e. The highest BCUT2D eigenvalue weighted by Gasteiger charge is 2.12. The van der Waals surface area contributed by atoms with E-state index in [0.717, 1.165) is 11.8 Å². The summed E-state index contributed by atoms with van der Waals surface area (Å²) in [4.78, 5) is 11.3. The van der Waals surface area contributed by atoms with Crippen LogP contribution < -0.4 is 5.11 Å². The fraction of sp³-hybridized carbons (Fsp3) is 0.118. The summed E-state index contributed by atoms with van der Waals surface area (Å²) in [7, 11) is 0. The lowest BCUT2D eigenvalue weighted by atomic mass is 10.2. The summed E-state index contributed by atoms with van der Waals surface area (Å²) in [6.45, 7) is 1.85. The van der Waals surface area contributed by atoms with E-state index in [9.17, 15) is 9.90 Å². The normalized spacial score (nSPS) is 11.7. The van der Waals surface area contributed by atoms with E-state index < -0.39 is 5.97 Å². The first-order valence-corrected chi connectivity index (χ1v) is 9.02. The molecule has 0 spiro atoms. The van der Waals surface area contributed by atoms with Crippen LogP contribution in [-0.2, 0) is 11.2 Å². The zero-order chi connectivity index (χ0) is 18.7. The first-order valence-electron chi connectivity index (χ1n) is 7.44. The maximum absolute atomic E-state index is 11.4. The van der Waals surface area contributed by atoms with Gasteiger partial charge in [-0.25, -0.2) is 0 Å². The SMILES string of the molecule is CCc1nnc(S/C(=C/c2ccc(-c3ccc(Cl)c(Cl)c3)o2)C(=O)[O-])o1. The number of carboxylic acid groups (broad SMARTS) is 1. The Kier molecular flexibility index (Phi) is 5.70. The van der Waals surface area contributed by atoms with Gasteiger partial charge in [0.1, 0.15) is 11.5 Å². The molecule has 2 heterocycles. The Morgan fingerprint density at radius 3 is 2.65 bits per heavy atom. The number of hydrogen-bond donors (Lipinski definition) is 0. The summed E-state index contributed by atoms with van der Waals surface area (Å²) < 4.78 is 11.0. The summed E-state index contributed by atoms with van der Waals surface area (Å²) in [6.07, 6.45) is 1.89. The summed E-state index contributed by atoms with van der Waals surface area (Å²) in [6, 6.07) is 8.40. The molecule has 2 aromatic heterocycles. The van der Waals surface area contributed by atoms with Gasteiger partial charge in [0.15, 0.2) is 0 Å². The van der Waals surface area contributed by atoms with Gasteiger partial charge < -0.3 is 18.7 Å². The molecule has 6 nitrogen and oxygen atoms in total. The van der Waals surface area contributed by atoms with Crippen molar-refractivity contribution in [1.82, 2.24) is 10.2 Å². The number of hydrogen-bond acceptors (Lipinski definition) is 7. The van der Waals surface area contributed by atoms with Gasteiger partial charge in [0.25, 0.3) is 5.22 Å². The number of aryl methyl sites for hydroxylation is 1. The first kappa shape index (κ1) is 18.6. The quantitative estimate of drug-likeness (QED) is 0.447. The van der Waals surface area contributed by atoms with Crippen LogP contribution in [0.5, 0.6) is 0 Å². The van der Waals surface area contributed by atoms with Crippen molar-refractivity contribution in [2.75, 3.05) is 0 Å². The molecule has 0 bridgehead atoms. The molecule has 0 saturated heterocycles. The number of benzene rings is 1. The first-order chi connectivity index (χ1) is 12.5. The van der Waals surface area contributed by atoms with E-state index in [2.05, 4.69) is 10.2 Å². The van der Waals surface area contributed by atoms with Crippen LogP contribution in [-0.4, -0.2) is 16.2 Å². The highest BCUT2D eigenvalue weighted by Crippen LogP contribution is 2.31. The van der Waals surface area contributed by atoms with E-state index in [-0.39, 0.29) is 10.1 Å². The molecule has 0 amide bonds. The maximum atomic E-state index is 11.4. The van der Waals surface area contributed by atoms with Crippen LogP contribution >= 0.6 is 35.0 Å². The average Bonchev–Trinajstić information content (AvgIpc) is 3.26. The molecule has 3 aromatic rings. The minimum absolute atomic E-state index is 0.119. The third kappa shape index (κ3) is 4.30. The molecular formula is C17H11Cl2N2O4S-. The highest BCUT2D eigenvalue weighted by atomic mass is 35.5. The average molecular weight is 410 g/mol. The maximum Gasteiger partial charge on any atom is 0.281 e. The number of rotatable bonds is 6. The molecule has 0 aliphatic carbocycles. The lowest BCUT2D eigenvalue weighted by molar-refractivity contribution is -0.298. The van der Waals surface area contributed by atoms with Gasteiger partial charge in [-0.3, -0.25) is 0 Å². The number of nitrogens with zero attached hydrogens (tertiary/aromatic N) is 2. The van der Waals surface area contributed by atoms with Crippen LogP contribution in [0.15, 0.2) is 49.3 Å². The van der Waals surface area contributed by atoms with Crippen molar-refractivity contribution >= 4 is 47.0 Å². The van der Waals surface area contributed by atoms with Gasteiger partial charge in [-0.15, -0.1) is 10.2 Å². The van der Waals surface area contributed by atoms with Gasteiger partial charge in [0.2, 0.25) is 5.89 Å². The topological polar surface area (TPSA) is 92.2 Å². The third-order valence-electron chi connectivity index (χ3n) is 3.25. The number of carbonyl (C=O) groups excluding carboxylic acids is 1. The molecule has 134 valence electrons. The molecule has 26 heavy (non-hydrogen) atoms. The predicted molar refractivity (Wildman–Crippen MR) is 96.7 cm³/mol. The summed E-state index contributed by atoms with van der Waals surface area (Å²) >= 11 is 12.7. The van der Waals surface area contributed by atoms with Crippen molar-refractivity contribution < 1.29 is 18.7 Å². The fourth-order valence-electron chi connectivity index (χ4n) is 2.01. The van der Waals surface area contributed by atoms with E-state index in [1.165, 1.54) is 6.08 Å². The van der Waals surface area contributed by atoms with Crippen LogP contribution in [0.2, 0.25) is 10.0 Å². The monoisotopic (exact) mass is 409 g/mol. The van der Waals surface area contributed by atoms with E-state index in [0.29, 0.717) is 39.4 Å². The van der Waals surface area contributed by atoms with Crippen molar-refractivity contribution in [2.45, 2.75) is 18.6 Å². The number of carbonyl (C=O) groups is 1. The highest BCUT2D eigenvalue weighted by molar-refractivity contribution is 8.03. The Labute approximate surface area is 162 Å². The Balaban J connectivity index is 1.85. The van der Waals surface area contributed by atoms with E-state index >= 15 is 0 Å². The van der Waals surface area contributed by atoms with Gasteiger partial charge in [-0.2, -0.15) is 0 Å². The van der Waals surface area contributed by atoms with Crippen LogP contribution in [0.3, 0.4) is 0 Å². The number of halogens is 2. The lowest BCUT2D eigenvalue weighted by Crippen LogP contribution is -2.22. The van der Waals surface area contributed by atoms with Gasteiger partial charge in [-0.05, 0) is 48.2 Å². The largest absolute Gasteiger partial charge is 0.544 e. The van der Waals surface area contributed by atoms with Crippen LogP contribution in [0.4, 0.5) is 0 Å². The van der Waals surface area contributed by atoms with Crippen molar-refractivity contribution in [1.29, 1.82) is 0 Å². The van der Waals surface area contributed by atoms with Gasteiger partial charge in [0, 0.05) is 16.9 Å². The standard InChI is InChI=1S/C17H12Cl2N2O4S/c1-2-15-20-21-17(25-15)26-14(16(22)23)8-10-4-6-13(24-10)9-3-5-11(18)12(19)7-9/h3-8H,2H2,1H3,(H,22,23)/p-1/b14-8+. The number of carboxylic acids is 1. The smallest absolute Gasteiger partial charge is 0.281 e. The Morgan fingerprint density at radius 2 is 2.00 bits per heavy atom. The van der Waals surface area contributed by atoms with Crippen LogP contribution in [0.1, 0.15) is 18.6 Å². The molecule has 0 aliphatic heterocycles. The molecule has 0 atom stereocenters. The zero-order valence-electron chi connectivity index (χ0n) is 13.4. The molecule has 0 fully saturated rings. The third-order valence-corrected chi connectivity index (χ3v) is 4.84. The van der Waals surface area contributed by atoms with Crippen molar-refractivity contribution in [3.63, 3.8) is 0 Å². The fourth-order valence-corrected chi connectivity index (χ4v) is 2.97. The van der Waals surface area contributed by atoms with Gasteiger partial charge in [0.05, 0.1) is 16.0 Å². The Hall–Kier alpha value is -2.22. The lowest BCUT2D eigenvalue weighted by Gasteiger charge is -2.04. The number of thioether (sulfide) groups is 1. The van der Waals surface area contributed by atoms with Crippen molar-refractivity contribution in [3.05, 3.63) is 56.9 Å². The zero-order valence-corrected chi connectivity index (χ0v) is 15.7. The van der Waals surface area contributed by atoms with Crippen LogP contribution in [0.25, 0.3) is 17.4 Å². The van der Waals surface area contributed by atoms with Gasteiger partial charge in [-0.1, -0.05) is 30.1 Å². The molecule has 0 N–H and O–H groups in total. The Morgan fingerprint density at radius 1 is 1.19 bits per heavy atom. The minimum atomic E-state index is -1.38. The van der Waals surface area contributed by atoms with Gasteiger partial charge >= 0.3 is 0 Å². The van der Waals surface area contributed by atoms with Crippen molar-refractivity contribution in [3.8, 4) is 11.3 Å². The predicted octanol–water partition coefficient (Wildman–Crippen LogP) is 4.08. The Bertz CT molecular complexity index is 981. The number of furan rings is 1. The second-order valence-corrected chi connectivity index (χ2v) is 6.85. The molecule has 0 aliphatic rings. The summed E-state index contributed by atoms with van der Waals surface area (Å²) in [5.41, 5.74) is 0.714. The molecule has 0 unspecified atom stereocenters. The van der Waals surface area contributed by atoms with Crippen molar-refractivity contribution in [2.24, 2.45) is 0 Å². The van der Waals surface area contributed by atoms with Crippen LogP contribution in [0, 0.1) is 0 Å². The second kappa shape index (κ2) is 7.99. The van der Waals surface area contributed by atoms with E-state index in [4.69, 9.17) is 32.0 Å². The molecular weight excluding hydrogens is 399 g/mol. The van der Waals surface area contributed by atoms with E-state index in [1.54, 1.807) is 30.3 Å².